The van der Waals surface area contributed by atoms with Crippen LogP contribution in [-0.4, -0.2) is 11.0 Å². The number of hydrogen-bond acceptors (Lipinski definition) is 2. The molecule has 0 heterocycles. The average molecular weight is 193 g/mol. The minimum Gasteiger partial charge on any atom is -0.508 e. The molecular weight excluding hydrogens is 178 g/mol. The summed E-state index contributed by atoms with van der Waals surface area (Å²) < 4.78 is 0. The van der Waals surface area contributed by atoms with Crippen LogP contribution in [0.4, 0.5) is 5.69 Å². The predicted octanol–water partition coefficient (Wildman–Crippen LogP) is 2.47. The van der Waals surface area contributed by atoms with Gasteiger partial charge in [-0.05, 0) is 17.5 Å². The molecule has 0 aliphatic heterocycles. The van der Waals surface area contributed by atoms with Crippen molar-refractivity contribution in [2.45, 2.75) is 26.7 Å². The molecule has 0 saturated carbocycles. The lowest BCUT2D eigenvalue weighted by molar-refractivity contribution is -0.114. The van der Waals surface area contributed by atoms with Gasteiger partial charge < -0.3 is 10.4 Å². The van der Waals surface area contributed by atoms with E-state index in [1.807, 2.05) is 19.9 Å². The molecular formula is C11H15NO2. The summed E-state index contributed by atoms with van der Waals surface area (Å²) >= 11 is 0. The van der Waals surface area contributed by atoms with Gasteiger partial charge in [-0.3, -0.25) is 4.79 Å². The highest BCUT2D eigenvalue weighted by Crippen LogP contribution is 2.27. The van der Waals surface area contributed by atoms with Crippen LogP contribution in [0, 0.1) is 0 Å². The number of rotatable bonds is 2. The molecule has 0 aliphatic rings. The van der Waals surface area contributed by atoms with E-state index in [1.165, 1.54) is 6.92 Å². The summed E-state index contributed by atoms with van der Waals surface area (Å²) in [5, 5.41) is 12.2. The van der Waals surface area contributed by atoms with Crippen LogP contribution in [0.5, 0.6) is 5.75 Å². The molecule has 1 aromatic carbocycles. The molecule has 3 heteroatoms. The van der Waals surface area contributed by atoms with Gasteiger partial charge in [0.2, 0.25) is 5.91 Å². The van der Waals surface area contributed by atoms with E-state index in [0.29, 0.717) is 5.69 Å². The van der Waals surface area contributed by atoms with E-state index in [1.54, 1.807) is 12.1 Å². The molecule has 0 fully saturated rings. The van der Waals surface area contributed by atoms with Crippen molar-refractivity contribution in [1.29, 1.82) is 0 Å². The van der Waals surface area contributed by atoms with Gasteiger partial charge in [0.25, 0.3) is 0 Å². The molecule has 3 nitrogen and oxygen atoms in total. The molecule has 14 heavy (non-hydrogen) atoms. The van der Waals surface area contributed by atoms with Gasteiger partial charge in [0.1, 0.15) is 5.75 Å². The van der Waals surface area contributed by atoms with Crippen molar-refractivity contribution in [3.8, 4) is 5.75 Å². The van der Waals surface area contributed by atoms with Gasteiger partial charge in [0, 0.05) is 18.7 Å². The summed E-state index contributed by atoms with van der Waals surface area (Å²) in [6, 6.07) is 5.18. The first kappa shape index (κ1) is 10.6. The number of benzene rings is 1. The van der Waals surface area contributed by atoms with Crippen molar-refractivity contribution in [2.24, 2.45) is 0 Å². The zero-order valence-electron chi connectivity index (χ0n) is 8.66. The Morgan fingerprint density at radius 2 is 2.07 bits per heavy atom. The maximum Gasteiger partial charge on any atom is 0.221 e. The first-order valence-electron chi connectivity index (χ1n) is 4.61. The van der Waals surface area contributed by atoms with Gasteiger partial charge in [0.05, 0.1) is 0 Å². The van der Waals surface area contributed by atoms with Gasteiger partial charge in [-0.15, -0.1) is 0 Å². The fourth-order valence-electron chi connectivity index (χ4n) is 1.31. The lowest BCUT2D eigenvalue weighted by Gasteiger charge is -2.09. The lowest BCUT2D eigenvalue weighted by Crippen LogP contribution is -2.05. The Balaban J connectivity index is 2.94. The summed E-state index contributed by atoms with van der Waals surface area (Å²) in [5.74, 6) is 0.370. The third-order valence-electron chi connectivity index (χ3n) is 1.97. The molecule has 1 amide bonds. The molecule has 0 spiro atoms. The van der Waals surface area contributed by atoms with Crippen LogP contribution in [0.3, 0.4) is 0 Å². The minimum atomic E-state index is -0.137. The van der Waals surface area contributed by atoms with E-state index in [2.05, 4.69) is 5.32 Å². The number of phenols is 1. The molecule has 0 radical (unpaired) electrons. The number of nitrogens with one attached hydrogen (secondary N) is 1. The number of hydrogen-bond donors (Lipinski definition) is 2. The van der Waals surface area contributed by atoms with E-state index in [4.69, 9.17) is 0 Å². The summed E-state index contributed by atoms with van der Waals surface area (Å²) in [6.07, 6.45) is 0. The van der Waals surface area contributed by atoms with E-state index < -0.39 is 0 Å². The van der Waals surface area contributed by atoms with Crippen molar-refractivity contribution >= 4 is 11.6 Å². The third kappa shape index (κ3) is 2.49. The van der Waals surface area contributed by atoms with E-state index >= 15 is 0 Å². The molecule has 0 atom stereocenters. The van der Waals surface area contributed by atoms with Gasteiger partial charge in [-0.25, -0.2) is 0 Å². The van der Waals surface area contributed by atoms with Crippen molar-refractivity contribution in [1.82, 2.24) is 0 Å². The molecule has 0 saturated heterocycles. The number of anilines is 1. The Hall–Kier alpha value is -1.51. The number of aromatic hydroxyl groups is 1. The fraction of sp³-hybridized carbons (Fsp3) is 0.364. The summed E-state index contributed by atoms with van der Waals surface area (Å²) in [6.45, 7) is 5.45. The summed E-state index contributed by atoms with van der Waals surface area (Å²) in [5.41, 5.74) is 1.51. The number of carbonyl (C=O) groups is 1. The highest BCUT2D eigenvalue weighted by atomic mass is 16.3. The normalized spacial score (nSPS) is 10.3. The van der Waals surface area contributed by atoms with Crippen LogP contribution in [0.15, 0.2) is 18.2 Å². The minimum absolute atomic E-state index is 0.137. The van der Waals surface area contributed by atoms with Crippen molar-refractivity contribution in [3.05, 3.63) is 23.8 Å². The second-order valence-electron chi connectivity index (χ2n) is 3.61. The van der Waals surface area contributed by atoms with E-state index in [-0.39, 0.29) is 17.6 Å². The standard InChI is InChI=1S/C11H15NO2/c1-7(2)10-5-4-9(6-11(10)14)12-8(3)13/h4-7,14H,1-3H3,(H,12,13). The van der Waals surface area contributed by atoms with Crippen molar-refractivity contribution in [3.63, 3.8) is 0 Å². The van der Waals surface area contributed by atoms with Crippen molar-refractivity contribution in [2.75, 3.05) is 5.32 Å². The molecule has 1 aromatic rings. The smallest absolute Gasteiger partial charge is 0.221 e. The van der Waals surface area contributed by atoms with Crippen LogP contribution in [-0.2, 0) is 4.79 Å². The molecule has 1 rings (SSSR count). The molecule has 0 aromatic heterocycles. The maximum absolute atomic E-state index is 10.8. The first-order chi connectivity index (χ1) is 6.50. The zero-order valence-corrected chi connectivity index (χ0v) is 8.66. The third-order valence-corrected chi connectivity index (χ3v) is 1.97. The van der Waals surface area contributed by atoms with Gasteiger partial charge in [-0.2, -0.15) is 0 Å². The van der Waals surface area contributed by atoms with Crippen LogP contribution in [0.2, 0.25) is 0 Å². The molecule has 0 unspecified atom stereocenters. The molecule has 2 N–H and O–H groups in total. The molecule has 0 aliphatic carbocycles. The fourth-order valence-corrected chi connectivity index (χ4v) is 1.31. The highest BCUT2D eigenvalue weighted by Gasteiger charge is 2.06. The Labute approximate surface area is 83.8 Å². The van der Waals surface area contributed by atoms with Gasteiger partial charge in [-0.1, -0.05) is 19.9 Å². The topological polar surface area (TPSA) is 49.3 Å². The van der Waals surface area contributed by atoms with Gasteiger partial charge in [0.15, 0.2) is 0 Å². The Kier molecular flexibility index (Phi) is 3.12. The Bertz CT molecular complexity index is 345. The van der Waals surface area contributed by atoms with Crippen LogP contribution in [0.1, 0.15) is 32.3 Å². The molecule has 0 bridgehead atoms. The van der Waals surface area contributed by atoms with Crippen LogP contribution < -0.4 is 5.32 Å². The lowest BCUT2D eigenvalue weighted by atomic mass is 10.0. The van der Waals surface area contributed by atoms with E-state index in [9.17, 15) is 9.90 Å². The maximum atomic E-state index is 10.8. The monoisotopic (exact) mass is 193 g/mol. The number of carbonyl (C=O) groups excluding carboxylic acids is 1. The second kappa shape index (κ2) is 4.13. The van der Waals surface area contributed by atoms with E-state index in [0.717, 1.165) is 5.56 Å². The highest BCUT2D eigenvalue weighted by molar-refractivity contribution is 5.88. The average Bonchev–Trinajstić information content (AvgIpc) is 2.01. The second-order valence-corrected chi connectivity index (χ2v) is 3.61. The number of amides is 1. The zero-order chi connectivity index (χ0) is 10.7. The summed E-state index contributed by atoms with van der Waals surface area (Å²) in [4.78, 5) is 10.8. The van der Waals surface area contributed by atoms with Crippen molar-refractivity contribution < 1.29 is 9.90 Å². The largest absolute Gasteiger partial charge is 0.508 e. The quantitative estimate of drug-likeness (QED) is 0.758. The molecule has 76 valence electrons. The Morgan fingerprint density at radius 3 is 2.50 bits per heavy atom. The van der Waals surface area contributed by atoms with Crippen LogP contribution in [0.25, 0.3) is 0 Å². The van der Waals surface area contributed by atoms with Crippen LogP contribution >= 0.6 is 0 Å². The van der Waals surface area contributed by atoms with Gasteiger partial charge >= 0.3 is 0 Å². The SMILES string of the molecule is CC(=O)Nc1ccc(C(C)C)c(O)c1. The first-order valence-corrected chi connectivity index (χ1v) is 4.61. The predicted molar refractivity (Wildman–Crippen MR) is 56.5 cm³/mol. The summed E-state index contributed by atoms with van der Waals surface area (Å²) in [7, 11) is 0. The number of phenolic OH excluding ortho intramolecular Hbond substituents is 1. The Morgan fingerprint density at radius 1 is 1.43 bits per heavy atom.